The number of hydrogen-bond donors (Lipinski definition) is 2. The maximum atomic E-state index is 12.4. The minimum Gasteiger partial charge on any atom is -0.342 e. The van der Waals surface area contributed by atoms with Gasteiger partial charge in [-0.25, -0.2) is 9.97 Å². The number of nitrogens with zero attached hydrogens (tertiary/aromatic N) is 4. The molecule has 4 rings (SSSR count). The molecule has 0 saturated carbocycles. The lowest BCUT2D eigenvalue weighted by Crippen LogP contribution is -2.27. The van der Waals surface area contributed by atoms with Crippen LogP contribution in [0.25, 0.3) is 4.96 Å². The van der Waals surface area contributed by atoms with Gasteiger partial charge in [-0.3, -0.25) is 9.20 Å². The molecule has 0 fully saturated rings. The third-order valence-corrected chi connectivity index (χ3v) is 4.58. The van der Waals surface area contributed by atoms with E-state index in [2.05, 4.69) is 20.6 Å². The minimum atomic E-state index is -0.161. The number of aromatic nitrogens is 4. The predicted molar refractivity (Wildman–Crippen MR) is 82.9 cm³/mol. The highest BCUT2D eigenvalue weighted by Crippen LogP contribution is 2.17. The zero-order chi connectivity index (χ0) is 15.1. The monoisotopic (exact) mass is 316 g/mol. The summed E-state index contributed by atoms with van der Waals surface area (Å²) in [6, 6.07) is -0.156. The highest BCUT2D eigenvalue weighted by Gasteiger charge is 2.19. The second-order valence-electron chi connectivity index (χ2n) is 5.37. The summed E-state index contributed by atoms with van der Waals surface area (Å²) in [4.78, 5) is 22.2. The van der Waals surface area contributed by atoms with Crippen molar-refractivity contribution < 1.29 is 4.79 Å². The molecule has 0 unspecified atom stereocenters. The fraction of sp³-hybridized carbons (Fsp3) is 0.357. The van der Waals surface area contributed by atoms with E-state index in [4.69, 9.17) is 0 Å². The fourth-order valence-corrected chi connectivity index (χ4v) is 3.30. The number of thiazole rings is 1. The standard InChI is InChI=1S/C14H16N6OS/c1-9(10-7-20-4-5-22-14(20)18-10)16-13(21)11-8-19-3-2-15-6-12(19)17-11/h4-5,7-9,15H,2-3,6H2,1H3,(H,16,21)/t9-/m0/s1. The summed E-state index contributed by atoms with van der Waals surface area (Å²) in [6.45, 7) is 4.40. The van der Waals surface area contributed by atoms with Crippen molar-refractivity contribution in [3.05, 3.63) is 41.2 Å². The summed E-state index contributed by atoms with van der Waals surface area (Å²) in [7, 11) is 0. The molecule has 0 saturated heterocycles. The van der Waals surface area contributed by atoms with Gasteiger partial charge in [0.05, 0.1) is 18.3 Å². The second-order valence-corrected chi connectivity index (χ2v) is 6.24. The molecule has 1 amide bonds. The minimum absolute atomic E-state index is 0.156. The lowest BCUT2D eigenvalue weighted by molar-refractivity contribution is 0.0934. The van der Waals surface area contributed by atoms with Crippen molar-refractivity contribution in [2.24, 2.45) is 0 Å². The van der Waals surface area contributed by atoms with Crippen molar-refractivity contribution in [1.82, 2.24) is 29.6 Å². The van der Waals surface area contributed by atoms with Crippen LogP contribution in [0.4, 0.5) is 0 Å². The van der Waals surface area contributed by atoms with Crippen LogP contribution < -0.4 is 10.6 Å². The van der Waals surface area contributed by atoms with Gasteiger partial charge in [0.25, 0.3) is 5.91 Å². The first kappa shape index (κ1) is 13.5. The highest BCUT2D eigenvalue weighted by atomic mass is 32.1. The molecule has 22 heavy (non-hydrogen) atoms. The van der Waals surface area contributed by atoms with Gasteiger partial charge in [-0.2, -0.15) is 0 Å². The zero-order valence-corrected chi connectivity index (χ0v) is 12.9. The molecule has 0 aliphatic carbocycles. The van der Waals surface area contributed by atoms with E-state index < -0.39 is 0 Å². The van der Waals surface area contributed by atoms with Crippen LogP contribution in [0.3, 0.4) is 0 Å². The second kappa shape index (κ2) is 5.22. The van der Waals surface area contributed by atoms with Crippen molar-refractivity contribution in [1.29, 1.82) is 0 Å². The average molecular weight is 316 g/mol. The first-order valence-corrected chi connectivity index (χ1v) is 8.08. The van der Waals surface area contributed by atoms with E-state index in [0.29, 0.717) is 12.2 Å². The Morgan fingerprint density at radius 2 is 2.36 bits per heavy atom. The van der Waals surface area contributed by atoms with Crippen molar-refractivity contribution >= 4 is 22.2 Å². The molecular weight excluding hydrogens is 300 g/mol. The van der Waals surface area contributed by atoms with Gasteiger partial charge in [0.2, 0.25) is 0 Å². The molecule has 4 heterocycles. The van der Waals surface area contributed by atoms with Gasteiger partial charge in [0.1, 0.15) is 11.5 Å². The van der Waals surface area contributed by atoms with Crippen molar-refractivity contribution in [3.8, 4) is 0 Å². The molecule has 0 aromatic carbocycles. The Bertz CT molecular complexity index is 779. The highest BCUT2D eigenvalue weighted by molar-refractivity contribution is 7.15. The van der Waals surface area contributed by atoms with Crippen LogP contribution in [0, 0.1) is 0 Å². The number of carbonyl (C=O) groups is 1. The first-order chi connectivity index (χ1) is 10.7. The summed E-state index contributed by atoms with van der Waals surface area (Å²) in [5.74, 6) is 0.748. The molecule has 0 radical (unpaired) electrons. The van der Waals surface area contributed by atoms with Crippen LogP contribution in [0.15, 0.2) is 24.0 Å². The van der Waals surface area contributed by atoms with Gasteiger partial charge in [0.15, 0.2) is 4.96 Å². The normalized spacial score (nSPS) is 15.7. The molecule has 1 aliphatic rings. The zero-order valence-electron chi connectivity index (χ0n) is 12.1. The van der Waals surface area contributed by atoms with E-state index in [-0.39, 0.29) is 11.9 Å². The molecule has 3 aromatic heterocycles. The van der Waals surface area contributed by atoms with Gasteiger partial charge in [0, 0.05) is 37.1 Å². The first-order valence-electron chi connectivity index (χ1n) is 7.20. The Morgan fingerprint density at radius 3 is 3.18 bits per heavy atom. The molecule has 1 atom stereocenters. The maximum absolute atomic E-state index is 12.4. The fourth-order valence-electron chi connectivity index (χ4n) is 2.60. The molecule has 0 bridgehead atoms. The molecule has 0 spiro atoms. The lowest BCUT2D eigenvalue weighted by atomic mass is 10.2. The summed E-state index contributed by atoms with van der Waals surface area (Å²) in [5, 5.41) is 8.20. The SMILES string of the molecule is C[C@H](NC(=O)c1cn2c(n1)CNCC2)c1cn2ccsc2n1. The number of nitrogens with one attached hydrogen (secondary N) is 2. The largest absolute Gasteiger partial charge is 0.342 e. The van der Waals surface area contributed by atoms with Crippen molar-refractivity contribution in [2.45, 2.75) is 26.1 Å². The Hall–Kier alpha value is -2.19. The summed E-state index contributed by atoms with van der Waals surface area (Å²) in [5.41, 5.74) is 1.32. The van der Waals surface area contributed by atoms with Crippen LogP contribution >= 0.6 is 11.3 Å². The number of hydrogen-bond acceptors (Lipinski definition) is 5. The van der Waals surface area contributed by atoms with Crippen molar-refractivity contribution in [2.75, 3.05) is 6.54 Å². The predicted octanol–water partition coefficient (Wildman–Crippen LogP) is 1.19. The average Bonchev–Trinajstić information content (AvgIpc) is 3.20. The summed E-state index contributed by atoms with van der Waals surface area (Å²) in [6.07, 6.45) is 5.73. The summed E-state index contributed by atoms with van der Waals surface area (Å²) >= 11 is 1.58. The quantitative estimate of drug-likeness (QED) is 0.761. The third kappa shape index (κ3) is 2.30. The molecule has 1 aliphatic heterocycles. The third-order valence-electron chi connectivity index (χ3n) is 3.81. The molecule has 2 N–H and O–H groups in total. The van der Waals surface area contributed by atoms with E-state index in [9.17, 15) is 4.79 Å². The number of amides is 1. The van der Waals surface area contributed by atoms with Gasteiger partial charge in [-0.05, 0) is 6.92 Å². The number of fused-ring (bicyclic) bond motifs is 2. The van der Waals surface area contributed by atoms with Crippen LogP contribution in [0.5, 0.6) is 0 Å². The molecule has 7 nitrogen and oxygen atoms in total. The summed E-state index contributed by atoms with van der Waals surface area (Å²) < 4.78 is 3.99. The van der Waals surface area contributed by atoms with Crippen LogP contribution in [-0.4, -0.2) is 31.4 Å². The van der Waals surface area contributed by atoms with Gasteiger partial charge in [-0.15, -0.1) is 11.3 Å². The smallest absolute Gasteiger partial charge is 0.272 e. The van der Waals surface area contributed by atoms with Gasteiger partial charge < -0.3 is 15.2 Å². The van der Waals surface area contributed by atoms with E-state index in [1.54, 1.807) is 11.3 Å². The number of imidazole rings is 2. The van der Waals surface area contributed by atoms with Crippen LogP contribution in [0.1, 0.15) is 35.0 Å². The molecular formula is C14H16N6OS. The molecule has 114 valence electrons. The van der Waals surface area contributed by atoms with E-state index in [1.165, 1.54) is 0 Å². The van der Waals surface area contributed by atoms with Crippen LogP contribution in [0.2, 0.25) is 0 Å². The van der Waals surface area contributed by atoms with Gasteiger partial charge in [-0.1, -0.05) is 0 Å². The van der Waals surface area contributed by atoms with E-state index in [1.807, 2.05) is 39.9 Å². The number of carbonyl (C=O) groups excluding carboxylic acids is 1. The Morgan fingerprint density at radius 1 is 1.45 bits per heavy atom. The van der Waals surface area contributed by atoms with E-state index >= 15 is 0 Å². The van der Waals surface area contributed by atoms with Crippen molar-refractivity contribution in [3.63, 3.8) is 0 Å². The van der Waals surface area contributed by atoms with E-state index in [0.717, 1.165) is 29.6 Å². The Labute approximate surface area is 131 Å². The molecule has 8 heteroatoms. The number of rotatable bonds is 3. The van der Waals surface area contributed by atoms with Crippen LogP contribution in [-0.2, 0) is 13.1 Å². The maximum Gasteiger partial charge on any atom is 0.272 e. The van der Waals surface area contributed by atoms with Gasteiger partial charge >= 0.3 is 0 Å². The Kier molecular flexibility index (Phi) is 3.20. The lowest BCUT2D eigenvalue weighted by Gasteiger charge is -2.13. The molecule has 3 aromatic rings. The Balaban J connectivity index is 1.51. The topological polar surface area (TPSA) is 76.2 Å².